The van der Waals surface area contributed by atoms with E-state index in [1.54, 1.807) is 12.1 Å². The molecule has 1 rings (SSSR count). The molecule has 0 radical (unpaired) electrons. The van der Waals surface area contributed by atoms with E-state index < -0.39 is 0 Å². The molecule has 56 valence electrons. The Bertz CT molecular complexity index is 265. The second-order valence-corrected chi connectivity index (χ2v) is 1.92. The number of benzene rings is 1. The summed E-state index contributed by atoms with van der Waals surface area (Å²) in [4.78, 5) is 0. The molecule has 0 bridgehead atoms. The second-order valence-electron chi connectivity index (χ2n) is 1.92. The molecular weight excluding hydrogens is 140 g/mol. The molecule has 3 N–H and O–H groups in total. The van der Waals surface area contributed by atoms with Gasteiger partial charge in [-0.15, -0.1) is 10.2 Å². The molecular formula is C7H8N4. The zero-order valence-corrected chi connectivity index (χ0v) is 5.86. The van der Waals surface area contributed by atoms with Gasteiger partial charge in [-0.25, -0.2) is 0 Å². The van der Waals surface area contributed by atoms with Crippen LogP contribution >= 0.6 is 0 Å². The van der Waals surface area contributed by atoms with E-state index >= 15 is 0 Å². The normalized spacial score (nSPS) is 10.2. The van der Waals surface area contributed by atoms with Crippen molar-refractivity contribution in [2.75, 3.05) is 0 Å². The summed E-state index contributed by atoms with van der Waals surface area (Å²) in [5, 5.41) is 13.8. The van der Waals surface area contributed by atoms with Gasteiger partial charge in [0, 0.05) is 0 Å². The summed E-state index contributed by atoms with van der Waals surface area (Å²) >= 11 is 0. The number of hydrogen-bond acceptors (Lipinski definition) is 2. The Kier molecular flexibility index (Phi) is 2.32. The predicted molar refractivity (Wildman–Crippen MR) is 42.9 cm³/mol. The Morgan fingerprint density at radius 2 is 1.91 bits per heavy atom. The molecule has 0 heterocycles. The predicted octanol–water partition coefficient (Wildman–Crippen LogP) is 1.66. The van der Waals surface area contributed by atoms with Gasteiger partial charge in [-0.2, -0.15) is 0 Å². The van der Waals surface area contributed by atoms with E-state index in [0.29, 0.717) is 5.69 Å². The highest BCUT2D eigenvalue weighted by molar-refractivity contribution is 5.74. The molecule has 4 nitrogen and oxygen atoms in total. The molecule has 0 aliphatic heterocycles. The van der Waals surface area contributed by atoms with Crippen molar-refractivity contribution in [3.8, 4) is 0 Å². The maximum Gasteiger partial charge on any atom is 0.232 e. The van der Waals surface area contributed by atoms with Gasteiger partial charge in [0.2, 0.25) is 5.96 Å². The third-order valence-corrected chi connectivity index (χ3v) is 1.03. The van der Waals surface area contributed by atoms with Crippen LogP contribution in [-0.2, 0) is 0 Å². The number of nitrogens with zero attached hydrogens (tertiary/aromatic N) is 2. The zero-order chi connectivity index (χ0) is 8.10. The molecule has 0 unspecified atom stereocenters. The third kappa shape index (κ3) is 2.57. The summed E-state index contributed by atoms with van der Waals surface area (Å²) in [6.07, 6.45) is 0. The molecule has 0 aliphatic rings. The van der Waals surface area contributed by atoms with Crippen molar-refractivity contribution < 1.29 is 0 Å². The van der Waals surface area contributed by atoms with Crippen molar-refractivity contribution in [1.82, 2.24) is 0 Å². The van der Waals surface area contributed by atoms with Crippen molar-refractivity contribution >= 4 is 11.6 Å². The maximum atomic E-state index is 6.76. The molecule has 11 heavy (non-hydrogen) atoms. The van der Waals surface area contributed by atoms with Crippen LogP contribution in [0.25, 0.3) is 0 Å². The van der Waals surface area contributed by atoms with Crippen LogP contribution in [0.3, 0.4) is 0 Å². The minimum atomic E-state index is -0.283. The molecule has 0 saturated heterocycles. The van der Waals surface area contributed by atoms with Gasteiger partial charge in [-0.05, 0) is 12.1 Å². The number of nitrogens with two attached hydrogens (primary N) is 1. The second kappa shape index (κ2) is 3.46. The summed E-state index contributed by atoms with van der Waals surface area (Å²) in [5.41, 5.74) is 5.66. The van der Waals surface area contributed by atoms with Gasteiger partial charge in [-0.3, -0.25) is 5.41 Å². The summed E-state index contributed by atoms with van der Waals surface area (Å²) < 4.78 is 0. The highest BCUT2D eigenvalue weighted by Crippen LogP contribution is 2.09. The van der Waals surface area contributed by atoms with E-state index in [1.165, 1.54) is 0 Å². The van der Waals surface area contributed by atoms with Crippen molar-refractivity contribution in [1.29, 1.82) is 5.41 Å². The molecule has 1 aromatic carbocycles. The third-order valence-electron chi connectivity index (χ3n) is 1.03. The molecule has 1 aromatic rings. The molecule has 4 heteroatoms. The van der Waals surface area contributed by atoms with Gasteiger partial charge >= 0.3 is 0 Å². The molecule has 0 aromatic heterocycles. The van der Waals surface area contributed by atoms with Crippen LogP contribution in [0, 0.1) is 5.41 Å². The van der Waals surface area contributed by atoms with Gasteiger partial charge < -0.3 is 5.73 Å². The van der Waals surface area contributed by atoms with Gasteiger partial charge in [0.15, 0.2) is 0 Å². The highest BCUT2D eigenvalue weighted by Gasteiger charge is 1.84. The smallest absolute Gasteiger partial charge is 0.232 e. The number of rotatable bonds is 1. The fourth-order valence-electron chi connectivity index (χ4n) is 0.606. The van der Waals surface area contributed by atoms with E-state index in [4.69, 9.17) is 11.1 Å². The Balaban J connectivity index is 2.72. The highest BCUT2D eigenvalue weighted by atomic mass is 15.2. The minimum absolute atomic E-state index is 0.283. The summed E-state index contributed by atoms with van der Waals surface area (Å²) in [5.74, 6) is -0.283. The lowest BCUT2D eigenvalue weighted by Gasteiger charge is -1.87. The molecule has 0 saturated carbocycles. The van der Waals surface area contributed by atoms with Crippen molar-refractivity contribution in [3.05, 3.63) is 30.3 Å². The van der Waals surface area contributed by atoms with E-state index in [-0.39, 0.29) is 5.96 Å². The first kappa shape index (κ1) is 7.40. The zero-order valence-electron chi connectivity index (χ0n) is 5.86. The fourth-order valence-corrected chi connectivity index (χ4v) is 0.606. The molecule has 0 amide bonds. The average Bonchev–Trinajstić information content (AvgIpc) is 2.03. The number of hydrogen-bond donors (Lipinski definition) is 2. The summed E-state index contributed by atoms with van der Waals surface area (Å²) in [6, 6.07) is 9.13. The van der Waals surface area contributed by atoms with E-state index in [2.05, 4.69) is 10.2 Å². The lowest BCUT2D eigenvalue weighted by atomic mass is 10.3. The molecule has 0 fully saturated rings. The first-order valence-electron chi connectivity index (χ1n) is 3.10. The molecule has 0 atom stereocenters. The number of azo groups is 1. The topological polar surface area (TPSA) is 74.6 Å². The van der Waals surface area contributed by atoms with Crippen LogP contribution in [-0.4, -0.2) is 5.96 Å². The first-order valence-corrected chi connectivity index (χ1v) is 3.10. The quantitative estimate of drug-likeness (QED) is 0.354. The maximum absolute atomic E-state index is 6.76. The van der Waals surface area contributed by atoms with Crippen LogP contribution in [0.2, 0.25) is 0 Å². The Morgan fingerprint density at radius 1 is 1.27 bits per heavy atom. The Hall–Kier alpha value is -1.71. The van der Waals surface area contributed by atoms with Crippen LogP contribution in [0.5, 0.6) is 0 Å². The Morgan fingerprint density at radius 3 is 2.45 bits per heavy atom. The van der Waals surface area contributed by atoms with Gasteiger partial charge in [0.25, 0.3) is 0 Å². The van der Waals surface area contributed by atoms with E-state index in [9.17, 15) is 0 Å². The van der Waals surface area contributed by atoms with Crippen molar-refractivity contribution in [2.45, 2.75) is 0 Å². The van der Waals surface area contributed by atoms with Gasteiger partial charge in [0.1, 0.15) is 0 Å². The standard InChI is InChI=1S/C7H8N4/c8-7(9)11-10-6-4-2-1-3-5-6/h1-5H,(H3,8,9)/b11-10+. The van der Waals surface area contributed by atoms with E-state index in [0.717, 1.165) is 0 Å². The van der Waals surface area contributed by atoms with Crippen molar-refractivity contribution in [2.24, 2.45) is 16.0 Å². The summed E-state index contributed by atoms with van der Waals surface area (Å²) in [7, 11) is 0. The van der Waals surface area contributed by atoms with E-state index in [1.807, 2.05) is 18.2 Å². The lowest BCUT2D eigenvalue weighted by molar-refractivity contribution is 1.22. The summed E-state index contributed by atoms with van der Waals surface area (Å²) in [6.45, 7) is 0. The largest absolute Gasteiger partial charge is 0.367 e. The molecule has 0 spiro atoms. The van der Waals surface area contributed by atoms with Crippen LogP contribution in [0.15, 0.2) is 40.6 Å². The average molecular weight is 148 g/mol. The SMILES string of the molecule is N=C(N)/N=N/c1ccccc1. The molecule has 0 aliphatic carbocycles. The van der Waals surface area contributed by atoms with Crippen LogP contribution in [0.1, 0.15) is 0 Å². The number of nitrogens with one attached hydrogen (secondary N) is 1. The first-order chi connectivity index (χ1) is 5.29. The van der Waals surface area contributed by atoms with Crippen LogP contribution < -0.4 is 5.73 Å². The Labute approximate surface area is 64.3 Å². The van der Waals surface area contributed by atoms with Crippen molar-refractivity contribution in [3.63, 3.8) is 0 Å². The minimum Gasteiger partial charge on any atom is -0.367 e. The van der Waals surface area contributed by atoms with Gasteiger partial charge in [0.05, 0.1) is 5.69 Å². The monoisotopic (exact) mass is 148 g/mol. The fraction of sp³-hybridized carbons (Fsp3) is 0. The lowest BCUT2D eigenvalue weighted by Crippen LogP contribution is -2.03. The number of guanidine groups is 1. The van der Waals surface area contributed by atoms with Crippen LogP contribution in [0.4, 0.5) is 5.69 Å². The van der Waals surface area contributed by atoms with Gasteiger partial charge in [-0.1, -0.05) is 18.2 Å².